The quantitative estimate of drug-likeness (QED) is 0.235. The number of hydrogen-bond donors (Lipinski definition) is 0. The summed E-state index contributed by atoms with van der Waals surface area (Å²) in [5.74, 6) is 0. The van der Waals surface area contributed by atoms with E-state index in [1.54, 1.807) is 6.08 Å². The minimum Gasteiger partial charge on any atom is -1.00 e. The number of rotatable bonds is 0. The van der Waals surface area contributed by atoms with Crippen molar-refractivity contribution in [3.05, 3.63) is 102 Å². The van der Waals surface area contributed by atoms with E-state index in [2.05, 4.69) is 84.5 Å². The second-order valence-electron chi connectivity index (χ2n) is 9.70. The van der Waals surface area contributed by atoms with Crippen molar-refractivity contribution in [1.29, 1.82) is 0 Å². The number of hydrogen-bond acceptors (Lipinski definition) is 0. The van der Waals surface area contributed by atoms with Crippen LogP contribution >= 0.6 is 0 Å². The summed E-state index contributed by atoms with van der Waals surface area (Å²) in [5.41, 5.74) is 8.76. The van der Waals surface area contributed by atoms with E-state index in [9.17, 15) is 0 Å². The molecule has 0 spiro atoms. The van der Waals surface area contributed by atoms with Gasteiger partial charge < -0.3 is 24.8 Å². The van der Waals surface area contributed by atoms with Crippen LogP contribution in [0.4, 0.5) is 0 Å². The average molecular weight is 547 g/mol. The van der Waals surface area contributed by atoms with Gasteiger partial charge in [0.15, 0.2) is 0 Å². The summed E-state index contributed by atoms with van der Waals surface area (Å²) in [6, 6.07) is 25.1. The van der Waals surface area contributed by atoms with Crippen LogP contribution in [0.25, 0.3) is 11.1 Å². The van der Waals surface area contributed by atoms with Gasteiger partial charge in [-0.3, -0.25) is 0 Å². The first-order valence-corrected chi connectivity index (χ1v) is 10.5. The molecule has 0 saturated heterocycles. The molecular weight excluding hydrogens is 510 g/mol. The van der Waals surface area contributed by atoms with Gasteiger partial charge in [-0.2, -0.15) is 47.5 Å². The van der Waals surface area contributed by atoms with Crippen LogP contribution in [0.1, 0.15) is 70.7 Å². The van der Waals surface area contributed by atoms with Crippen LogP contribution in [-0.4, -0.2) is 0 Å². The van der Waals surface area contributed by atoms with E-state index in [0.29, 0.717) is 0 Å². The van der Waals surface area contributed by atoms with E-state index in [1.807, 2.05) is 37.3 Å². The molecule has 0 saturated carbocycles. The maximum Gasteiger partial charge on any atom is 4.00 e. The van der Waals surface area contributed by atoms with Crippen LogP contribution in [0, 0.1) is 6.07 Å². The molecule has 0 atom stereocenters. The molecule has 0 nitrogen and oxygen atoms in total. The zero-order chi connectivity index (χ0) is 21.7. The van der Waals surface area contributed by atoms with Crippen molar-refractivity contribution in [2.75, 3.05) is 0 Å². The maximum absolute atomic E-state index is 3.53. The monoisotopic (exact) mass is 544 g/mol. The minimum absolute atomic E-state index is 0. The Bertz CT molecular complexity index is 848. The van der Waals surface area contributed by atoms with Crippen molar-refractivity contribution in [3.8, 4) is 11.1 Å². The summed E-state index contributed by atoms with van der Waals surface area (Å²) in [4.78, 5) is 0. The number of fused-ring (bicyclic) bond motifs is 3. The van der Waals surface area contributed by atoms with Gasteiger partial charge in [0.1, 0.15) is 0 Å². The second kappa shape index (κ2) is 14.3. The molecule has 0 aromatic heterocycles. The minimum atomic E-state index is 0. The Morgan fingerprint density at radius 1 is 0.875 bits per heavy atom. The summed E-state index contributed by atoms with van der Waals surface area (Å²) < 4.78 is 0. The van der Waals surface area contributed by atoms with Crippen molar-refractivity contribution in [1.82, 2.24) is 0 Å². The number of allylic oxidation sites excluding steroid dienone is 1. The molecule has 0 amide bonds. The Balaban J connectivity index is 0. The Hall–Kier alpha value is -1.01. The molecule has 4 rings (SSSR count). The van der Waals surface area contributed by atoms with E-state index in [-0.39, 0.29) is 61.8 Å². The van der Waals surface area contributed by atoms with Crippen LogP contribution < -0.4 is 24.8 Å². The summed E-state index contributed by atoms with van der Waals surface area (Å²) in [7, 11) is 0. The predicted molar refractivity (Wildman–Crippen MR) is 129 cm³/mol. The molecule has 3 heteroatoms. The summed E-state index contributed by atoms with van der Waals surface area (Å²) >= 11 is 0. The Kier molecular flexibility index (Phi) is 14.8. The van der Waals surface area contributed by atoms with Crippen LogP contribution in [0.2, 0.25) is 0 Å². The number of halogens is 2. The maximum atomic E-state index is 3.53. The number of benzene rings is 2. The van der Waals surface area contributed by atoms with Crippen LogP contribution in [0.15, 0.2) is 73.3 Å². The smallest absolute Gasteiger partial charge is 1.00 e. The predicted octanol–water partition coefficient (Wildman–Crippen LogP) is 2.26. The molecule has 1 aliphatic carbocycles. The topological polar surface area (TPSA) is 0 Å². The fourth-order valence-corrected chi connectivity index (χ4v) is 3.31. The summed E-state index contributed by atoms with van der Waals surface area (Å²) in [6.45, 7) is 18.9. The Morgan fingerprint density at radius 2 is 1.38 bits per heavy atom. The first kappa shape index (κ1) is 33.2. The zero-order valence-electron chi connectivity index (χ0n) is 20.5. The normalized spacial score (nSPS) is 10.8. The zero-order valence-corrected chi connectivity index (χ0v) is 24.5. The van der Waals surface area contributed by atoms with E-state index >= 15 is 0 Å². The first-order chi connectivity index (χ1) is 13.6. The van der Waals surface area contributed by atoms with Gasteiger partial charge >= 0.3 is 26.2 Å². The first-order valence-electron chi connectivity index (χ1n) is 10.5. The van der Waals surface area contributed by atoms with E-state index < -0.39 is 0 Å². The molecule has 0 radical (unpaired) electrons. The van der Waals surface area contributed by atoms with Gasteiger partial charge in [0.05, 0.1) is 0 Å². The van der Waals surface area contributed by atoms with Crippen molar-refractivity contribution < 1.29 is 51.0 Å². The van der Waals surface area contributed by atoms with Gasteiger partial charge in [-0.1, -0.05) is 82.4 Å². The van der Waals surface area contributed by atoms with E-state index in [0.717, 1.165) is 6.42 Å². The molecule has 170 valence electrons. The van der Waals surface area contributed by atoms with E-state index in [4.69, 9.17) is 0 Å². The van der Waals surface area contributed by atoms with Crippen molar-refractivity contribution in [2.24, 2.45) is 0 Å². The molecule has 0 N–H and O–H groups in total. The van der Waals surface area contributed by atoms with Crippen molar-refractivity contribution >= 4 is 0 Å². The fraction of sp³-hybridized carbons (Fsp3) is 0.345. The molecule has 0 bridgehead atoms. The summed E-state index contributed by atoms with van der Waals surface area (Å²) in [5, 5.41) is 0. The Labute approximate surface area is 228 Å². The molecule has 0 fully saturated rings. The molecule has 3 aromatic carbocycles. The van der Waals surface area contributed by atoms with Crippen molar-refractivity contribution in [2.45, 2.75) is 65.7 Å². The third-order valence-electron chi connectivity index (χ3n) is 5.08. The van der Waals surface area contributed by atoms with Gasteiger partial charge in [-0.25, -0.2) is 12.1 Å². The molecule has 1 aliphatic rings. The second-order valence-corrected chi connectivity index (χ2v) is 9.70. The van der Waals surface area contributed by atoms with Crippen molar-refractivity contribution in [3.63, 3.8) is 0 Å². The van der Waals surface area contributed by atoms with Gasteiger partial charge in [0, 0.05) is 0 Å². The SMILES string of the molecule is C=CC.CC(C)(C)c1c[c-]c2c(c1)-c1cc(C(C)(C)C)ccc1C2.[Cl-].[Cl-].[Zr+4].c1cc[cH-]c1. The van der Waals surface area contributed by atoms with E-state index in [1.165, 1.54) is 33.4 Å². The summed E-state index contributed by atoms with van der Waals surface area (Å²) in [6.07, 6.45) is 2.78. The van der Waals surface area contributed by atoms with Gasteiger partial charge in [-0.05, 0) is 24.3 Å². The fourth-order valence-electron chi connectivity index (χ4n) is 3.31. The van der Waals surface area contributed by atoms with Gasteiger partial charge in [0.2, 0.25) is 0 Å². The third kappa shape index (κ3) is 9.09. The third-order valence-corrected chi connectivity index (χ3v) is 5.08. The molecular formula is C29H36Cl2Zr. The molecule has 0 unspecified atom stereocenters. The molecule has 3 aromatic rings. The molecule has 0 heterocycles. The van der Waals surface area contributed by atoms with Crippen LogP contribution in [0.3, 0.4) is 0 Å². The molecule has 0 aliphatic heterocycles. The average Bonchev–Trinajstić information content (AvgIpc) is 3.31. The van der Waals surface area contributed by atoms with Gasteiger partial charge in [0.25, 0.3) is 0 Å². The largest absolute Gasteiger partial charge is 4.00 e. The Morgan fingerprint density at radius 3 is 1.81 bits per heavy atom. The standard InChI is InChI=1S/C21H25.C5H5.C3H6.2ClH.Zr/c1-20(2,3)16-9-7-14-11-15-8-10-17(21(4,5)6)13-19(15)18(14)12-16;1-2-4-5-3-1;1-3-2;;;/h7,9-10,12-13H,11H2,1-6H3;1-5H;3H,1H2,2H3;2*1H;/q2*-1;;;;+4/p-2. The molecule has 32 heavy (non-hydrogen) atoms. The van der Waals surface area contributed by atoms with Crippen LogP contribution in [0.5, 0.6) is 0 Å². The van der Waals surface area contributed by atoms with Crippen LogP contribution in [-0.2, 0) is 43.5 Å². The van der Waals surface area contributed by atoms with Gasteiger partial charge in [-0.15, -0.1) is 12.1 Å².